The number of cyclic esters (lactones) is 1. The van der Waals surface area contributed by atoms with Gasteiger partial charge in [-0.2, -0.15) is 0 Å². The van der Waals surface area contributed by atoms with E-state index in [4.69, 9.17) is 4.74 Å². The Hall–Kier alpha value is -3.12. The first-order valence-electron chi connectivity index (χ1n) is 12.7. The highest BCUT2D eigenvalue weighted by molar-refractivity contribution is 8.13. The molecule has 2 rings (SSSR count). The van der Waals surface area contributed by atoms with Crippen LogP contribution in [0.2, 0.25) is 0 Å². The maximum atomic E-state index is 13.1. The molecule has 1 aliphatic heterocycles. The molecule has 2 atom stereocenters. The Morgan fingerprint density at radius 1 is 1.21 bits per heavy atom. The first-order chi connectivity index (χ1) is 18.6. The van der Waals surface area contributed by atoms with Gasteiger partial charge in [0.25, 0.3) is 11.8 Å². The number of thioether (sulfide) groups is 2. The minimum absolute atomic E-state index is 0.0355. The van der Waals surface area contributed by atoms with E-state index in [1.165, 1.54) is 29.6 Å². The lowest BCUT2D eigenvalue weighted by Gasteiger charge is -2.24. The van der Waals surface area contributed by atoms with Crippen LogP contribution in [0.4, 0.5) is 0 Å². The predicted molar refractivity (Wildman–Crippen MR) is 152 cm³/mol. The van der Waals surface area contributed by atoms with Gasteiger partial charge in [0.15, 0.2) is 5.12 Å². The number of aromatic nitrogens is 1. The average Bonchev–Trinajstić information content (AvgIpc) is 2.91. The molecule has 1 aromatic rings. The van der Waals surface area contributed by atoms with E-state index in [1.807, 2.05) is 6.26 Å². The number of fused-ring (bicyclic) bond motifs is 2. The average molecular weight is 577 g/mol. The number of carbonyl (C=O) groups excluding carboxylic acids is 5. The van der Waals surface area contributed by atoms with Crippen molar-refractivity contribution < 1.29 is 28.7 Å². The van der Waals surface area contributed by atoms with Crippen molar-refractivity contribution in [3.05, 3.63) is 47.4 Å². The summed E-state index contributed by atoms with van der Waals surface area (Å²) in [5.41, 5.74) is 0.534. The summed E-state index contributed by atoms with van der Waals surface area (Å²) in [5.74, 6) is -2.12. The summed E-state index contributed by atoms with van der Waals surface area (Å²) in [4.78, 5) is 68.5. The van der Waals surface area contributed by atoms with Gasteiger partial charge in [-0.1, -0.05) is 44.7 Å². The molecular formula is C27H36N4O6S2. The zero-order valence-electron chi connectivity index (χ0n) is 22.9. The monoisotopic (exact) mass is 576 g/mol. The van der Waals surface area contributed by atoms with E-state index < -0.39 is 29.9 Å². The molecule has 10 nitrogen and oxygen atoms in total. The van der Waals surface area contributed by atoms with E-state index in [9.17, 15) is 24.0 Å². The van der Waals surface area contributed by atoms with Gasteiger partial charge < -0.3 is 20.7 Å². The molecule has 212 valence electrons. The van der Waals surface area contributed by atoms with Gasteiger partial charge in [0.1, 0.15) is 23.5 Å². The molecule has 0 fully saturated rings. The number of nitrogens with one attached hydrogen (secondary N) is 3. The van der Waals surface area contributed by atoms with E-state index in [1.54, 1.807) is 52.0 Å². The minimum atomic E-state index is -1.03. The van der Waals surface area contributed by atoms with Crippen molar-refractivity contribution in [2.24, 2.45) is 5.92 Å². The van der Waals surface area contributed by atoms with Gasteiger partial charge in [-0.25, -0.2) is 9.78 Å². The third-order valence-corrected chi connectivity index (χ3v) is 7.53. The van der Waals surface area contributed by atoms with Crippen LogP contribution >= 0.6 is 23.5 Å². The van der Waals surface area contributed by atoms with Crippen molar-refractivity contribution in [1.82, 2.24) is 20.9 Å². The molecule has 3 amide bonds. The SMILES string of the molecule is C/C=C1\NC(=O)c2ccc(SC)c(n2)CNC(=O)C[C@@H](/C=C/CCSC(=O)CC)OC(=O)[C@H](C(C)C)NC1=O. The van der Waals surface area contributed by atoms with Gasteiger partial charge in [0.2, 0.25) is 5.91 Å². The number of amides is 3. The molecule has 39 heavy (non-hydrogen) atoms. The van der Waals surface area contributed by atoms with Crippen LogP contribution in [0.5, 0.6) is 0 Å². The number of nitrogens with zero attached hydrogens (tertiary/aromatic N) is 1. The number of esters is 1. The lowest BCUT2D eigenvalue weighted by molar-refractivity contribution is -0.153. The number of carbonyl (C=O) groups is 5. The molecule has 0 spiro atoms. The quantitative estimate of drug-likeness (QED) is 0.147. The summed E-state index contributed by atoms with van der Waals surface area (Å²) in [7, 11) is 0. The Balaban J connectivity index is 2.38. The summed E-state index contributed by atoms with van der Waals surface area (Å²) < 4.78 is 5.67. The van der Waals surface area contributed by atoms with Crippen LogP contribution in [0, 0.1) is 5.92 Å². The van der Waals surface area contributed by atoms with Gasteiger partial charge in [-0.05, 0) is 43.7 Å². The van der Waals surface area contributed by atoms with E-state index in [0.29, 0.717) is 24.3 Å². The molecule has 1 aliphatic rings. The fraction of sp³-hybridized carbons (Fsp3) is 0.481. The van der Waals surface area contributed by atoms with Crippen LogP contribution < -0.4 is 16.0 Å². The highest BCUT2D eigenvalue weighted by Crippen LogP contribution is 2.20. The highest BCUT2D eigenvalue weighted by Gasteiger charge is 2.30. The first-order valence-corrected chi connectivity index (χ1v) is 14.9. The summed E-state index contributed by atoms with van der Waals surface area (Å²) >= 11 is 2.64. The second kappa shape index (κ2) is 16.1. The lowest BCUT2D eigenvalue weighted by atomic mass is 10.0. The van der Waals surface area contributed by atoms with Crippen molar-refractivity contribution >= 4 is 52.3 Å². The van der Waals surface area contributed by atoms with Gasteiger partial charge in [0, 0.05) is 17.1 Å². The summed E-state index contributed by atoms with van der Waals surface area (Å²) in [6.45, 7) is 6.94. The zero-order chi connectivity index (χ0) is 28.9. The minimum Gasteiger partial charge on any atom is -0.456 e. The van der Waals surface area contributed by atoms with Gasteiger partial charge >= 0.3 is 5.97 Å². The Morgan fingerprint density at radius 2 is 1.95 bits per heavy atom. The van der Waals surface area contributed by atoms with Gasteiger partial charge in [-0.3, -0.25) is 19.2 Å². The van der Waals surface area contributed by atoms with Crippen molar-refractivity contribution in [3.63, 3.8) is 0 Å². The Morgan fingerprint density at radius 3 is 2.59 bits per heavy atom. The Bertz CT molecular complexity index is 1140. The van der Waals surface area contributed by atoms with E-state index >= 15 is 0 Å². The Kier molecular flexibility index (Phi) is 13.2. The molecule has 2 bridgehead atoms. The van der Waals surface area contributed by atoms with Crippen molar-refractivity contribution in [2.75, 3.05) is 12.0 Å². The molecular weight excluding hydrogens is 540 g/mol. The maximum Gasteiger partial charge on any atom is 0.329 e. The van der Waals surface area contributed by atoms with Crippen LogP contribution in [-0.4, -0.2) is 57.9 Å². The summed E-state index contributed by atoms with van der Waals surface area (Å²) in [6.07, 6.45) is 6.64. The number of ether oxygens (including phenoxy) is 1. The van der Waals surface area contributed by atoms with Crippen LogP contribution in [0.25, 0.3) is 0 Å². The van der Waals surface area contributed by atoms with Crippen molar-refractivity contribution in [2.45, 2.75) is 70.5 Å². The van der Waals surface area contributed by atoms with E-state index in [-0.39, 0.29) is 41.3 Å². The lowest BCUT2D eigenvalue weighted by Crippen LogP contribution is -2.48. The maximum absolute atomic E-state index is 13.1. The molecule has 0 saturated heterocycles. The smallest absolute Gasteiger partial charge is 0.329 e. The van der Waals surface area contributed by atoms with E-state index in [0.717, 1.165) is 4.90 Å². The summed E-state index contributed by atoms with van der Waals surface area (Å²) in [5, 5.41) is 8.07. The molecule has 12 heteroatoms. The van der Waals surface area contributed by atoms with Crippen LogP contribution in [-0.2, 0) is 30.5 Å². The molecule has 0 aromatic carbocycles. The predicted octanol–water partition coefficient (Wildman–Crippen LogP) is 3.13. The molecule has 0 aliphatic carbocycles. The van der Waals surface area contributed by atoms with E-state index in [2.05, 4.69) is 20.9 Å². The third-order valence-electron chi connectivity index (χ3n) is 5.67. The molecule has 0 unspecified atom stereocenters. The Labute approximate surface area is 237 Å². The normalized spacial score (nSPS) is 20.5. The van der Waals surface area contributed by atoms with Crippen LogP contribution in [0.15, 0.2) is 41.0 Å². The topological polar surface area (TPSA) is 144 Å². The highest BCUT2D eigenvalue weighted by atomic mass is 32.2. The van der Waals surface area contributed by atoms with Crippen LogP contribution in [0.3, 0.4) is 0 Å². The fourth-order valence-electron chi connectivity index (χ4n) is 3.49. The third kappa shape index (κ3) is 10.2. The molecule has 0 saturated carbocycles. The van der Waals surface area contributed by atoms with Crippen molar-refractivity contribution in [3.8, 4) is 0 Å². The molecule has 2 heterocycles. The standard InChI is InChI=1S/C27H36N4O6S2/c1-6-18-25(34)31-24(16(3)4)27(36)37-17(10-8-9-13-39-23(33)7-2)14-22(32)28-15-20-21(38-5)12-11-19(29-20)26(35)30-18/h6,8,10-12,16-17,24H,7,9,13-15H2,1-5H3,(H,28,32)(H,30,35)(H,31,34)/b10-8+,18-6-/t17-,24+/m1/s1. The number of rotatable bonds is 7. The zero-order valence-corrected chi connectivity index (χ0v) is 24.5. The van der Waals surface area contributed by atoms with Gasteiger partial charge in [0.05, 0.1) is 18.7 Å². The molecule has 3 N–H and O–H groups in total. The molecule has 1 aromatic heterocycles. The number of hydrogen-bond acceptors (Lipinski definition) is 9. The second-order valence-electron chi connectivity index (χ2n) is 8.94. The number of allylic oxidation sites excluding steroid dienone is 2. The van der Waals surface area contributed by atoms with Crippen LogP contribution in [0.1, 0.15) is 63.1 Å². The summed E-state index contributed by atoms with van der Waals surface area (Å²) in [6, 6.07) is 2.25. The number of hydrogen-bond donors (Lipinski definition) is 3. The second-order valence-corrected chi connectivity index (χ2v) is 10.9. The first kappa shape index (κ1) is 32.1. The van der Waals surface area contributed by atoms with Crippen molar-refractivity contribution in [1.29, 1.82) is 0 Å². The van der Waals surface area contributed by atoms with Gasteiger partial charge in [-0.15, -0.1) is 11.8 Å². The number of pyridine rings is 1. The largest absolute Gasteiger partial charge is 0.456 e. The fourth-order valence-corrected chi connectivity index (χ4v) is 4.73. The molecule has 0 radical (unpaired) electrons.